The van der Waals surface area contributed by atoms with Gasteiger partial charge in [0.15, 0.2) is 0 Å². The average molecular weight is 269 g/mol. The summed E-state index contributed by atoms with van der Waals surface area (Å²) in [5.41, 5.74) is 5.43. The molecule has 1 aliphatic rings. The first kappa shape index (κ1) is 13.2. The minimum absolute atomic E-state index is 0.154. The van der Waals surface area contributed by atoms with E-state index in [0.29, 0.717) is 22.7 Å². The van der Waals surface area contributed by atoms with Crippen molar-refractivity contribution in [1.29, 1.82) is 0 Å². The van der Waals surface area contributed by atoms with Crippen LogP contribution >= 0.6 is 11.8 Å². The van der Waals surface area contributed by atoms with Crippen LogP contribution in [0.1, 0.15) is 20.3 Å². The van der Waals surface area contributed by atoms with Gasteiger partial charge in [-0.2, -0.15) is 4.98 Å². The number of thioether (sulfide) groups is 1. The van der Waals surface area contributed by atoms with Crippen LogP contribution in [0.25, 0.3) is 0 Å². The van der Waals surface area contributed by atoms with Gasteiger partial charge in [-0.1, -0.05) is 25.6 Å². The van der Waals surface area contributed by atoms with Crippen molar-refractivity contribution < 1.29 is 4.79 Å². The lowest BCUT2D eigenvalue weighted by Gasteiger charge is -2.34. The van der Waals surface area contributed by atoms with E-state index >= 15 is 0 Å². The van der Waals surface area contributed by atoms with E-state index in [0.717, 1.165) is 13.1 Å². The van der Waals surface area contributed by atoms with E-state index in [1.165, 1.54) is 18.2 Å². The maximum absolute atomic E-state index is 12.1. The van der Waals surface area contributed by atoms with Crippen LogP contribution in [0.3, 0.4) is 0 Å². The van der Waals surface area contributed by atoms with Gasteiger partial charge in [0.25, 0.3) is 0 Å². The Morgan fingerprint density at radius 3 is 2.72 bits per heavy atom. The van der Waals surface area contributed by atoms with Gasteiger partial charge in [0.05, 0.1) is 5.75 Å². The average Bonchev–Trinajstić information content (AvgIpc) is 2.70. The number of nitrogens with one attached hydrogen (secondary N) is 1. The third kappa shape index (κ3) is 3.38. The summed E-state index contributed by atoms with van der Waals surface area (Å²) in [5, 5.41) is 6.98. The van der Waals surface area contributed by atoms with Gasteiger partial charge in [0.2, 0.25) is 17.0 Å². The zero-order valence-electron chi connectivity index (χ0n) is 10.7. The van der Waals surface area contributed by atoms with Crippen LogP contribution in [0.2, 0.25) is 0 Å². The highest BCUT2D eigenvalue weighted by Gasteiger charge is 2.25. The minimum atomic E-state index is 0.154. The summed E-state index contributed by atoms with van der Waals surface area (Å²) in [6.45, 7) is 6.11. The monoisotopic (exact) mass is 269 g/mol. The Hall–Kier alpha value is -1.24. The molecule has 1 fully saturated rings. The summed E-state index contributed by atoms with van der Waals surface area (Å²) in [4.78, 5) is 18.0. The van der Waals surface area contributed by atoms with Gasteiger partial charge in [0.1, 0.15) is 0 Å². The zero-order valence-corrected chi connectivity index (χ0v) is 11.5. The molecule has 2 atom stereocenters. The van der Waals surface area contributed by atoms with Crippen LogP contribution in [-0.2, 0) is 4.79 Å². The summed E-state index contributed by atoms with van der Waals surface area (Å²) < 4.78 is 0. The Morgan fingerprint density at radius 2 is 2.17 bits per heavy atom. The first-order chi connectivity index (χ1) is 8.54. The van der Waals surface area contributed by atoms with E-state index in [2.05, 4.69) is 29.0 Å². The molecule has 1 amide bonds. The summed E-state index contributed by atoms with van der Waals surface area (Å²) >= 11 is 1.32. The molecule has 0 aromatic carbocycles. The van der Waals surface area contributed by atoms with Crippen LogP contribution in [0.5, 0.6) is 0 Å². The van der Waals surface area contributed by atoms with Crippen molar-refractivity contribution in [1.82, 2.24) is 20.1 Å². The number of amides is 1. The predicted octanol–water partition coefficient (Wildman–Crippen LogP) is 0.984. The van der Waals surface area contributed by atoms with Crippen molar-refractivity contribution in [2.24, 2.45) is 11.8 Å². The molecule has 1 aromatic rings. The van der Waals surface area contributed by atoms with Crippen molar-refractivity contribution >= 4 is 23.6 Å². The van der Waals surface area contributed by atoms with Crippen LogP contribution in [-0.4, -0.2) is 44.8 Å². The molecule has 3 N–H and O–H groups in total. The maximum atomic E-state index is 12.1. The number of carbonyl (C=O) groups excluding carboxylic acids is 1. The molecule has 2 heterocycles. The molecule has 100 valence electrons. The standard InChI is InChI=1S/C11H19N5OS/c1-7-3-8(2)5-16(4-7)9(17)6-18-11-13-10(12)14-15-11/h7-8H,3-6H2,1-2H3,(H3,12,13,14,15)/t7-,8+. The lowest BCUT2D eigenvalue weighted by Crippen LogP contribution is -2.43. The molecular weight excluding hydrogens is 250 g/mol. The van der Waals surface area contributed by atoms with Gasteiger partial charge in [-0.25, -0.2) is 5.10 Å². The number of nitrogens with zero attached hydrogens (tertiary/aromatic N) is 3. The fourth-order valence-corrected chi connectivity index (χ4v) is 3.12. The molecule has 0 unspecified atom stereocenters. The first-order valence-electron chi connectivity index (χ1n) is 6.13. The number of aromatic amines is 1. The minimum Gasteiger partial charge on any atom is -0.368 e. The van der Waals surface area contributed by atoms with Crippen LogP contribution in [0.15, 0.2) is 5.16 Å². The molecular formula is C11H19N5OS. The maximum Gasteiger partial charge on any atom is 0.233 e. The molecule has 18 heavy (non-hydrogen) atoms. The second-order valence-electron chi connectivity index (χ2n) is 5.04. The number of nitrogens with two attached hydrogens (primary N) is 1. The second kappa shape index (κ2) is 5.60. The largest absolute Gasteiger partial charge is 0.368 e. The Balaban J connectivity index is 1.84. The van der Waals surface area contributed by atoms with E-state index in [1.807, 2.05) is 4.90 Å². The molecule has 0 saturated carbocycles. The number of carbonyl (C=O) groups is 1. The number of hydrogen-bond donors (Lipinski definition) is 2. The van der Waals surface area contributed by atoms with Crippen LogP contribution in [0.4, 0.5) is 5.95 Å². The second-order valence-corrected chi connectivity index (χ2v) is 5.98. The fourth-order valence-electron chi connectivity index (χ4n) is 2.41. The van der Waals surface area contributed by atoms with E-state index in [9.17, 15) is 4.79 Å². The Labute approximate surface area is 111 Å². The predicted molar refractivity (Wildman–Crippen MR) is 71.0 cm³/mol. The summed E-state index contributed by atoms with van der Waals surface area (Å²) in [7, 11) is 0. The molecule has 7 heteroatoms. The van der Waals surface area contributed by atoms with Crippen molar-refractivity contribution in [2.75, 3.05) is 24.6 Å². The van der Waals surface area contributed by atoms with Crippen LogP contribution in [0, 0.1) is 11.8 Å². The zero-order chi connectivity index (χ0) is 13.1. The van der Waals surface area contributed by atoms with Gasteiger partial charge in [-0.05, 0) is 18.3 Å². The van der Waals surface area contributed by atoms with E-state index in [-0.39, 0.29) is 11.9 Å². The third-order valence-corrected chi connectivity index (χ3v) is 3.86. The third-order valence-electron chi connectivity index (χ3n) is 3.03. The van der Waals surface area contributed by atoms with Gasteiger partial charge >= 0.3 is 0 Å². The van der Waals surface area contributed by atoms with Crippen LogP contribution < -0.4 is 5.73 Å². The summed E-state index contributed by atoms with van der Waals surface area (Å²) in [6, 6.07) is 0. The number of nitrogen functional groups attached to an aromatic ring is 1. The fraction of sp³-hybridized carbons (Fsp3) is 0.727. The Morgan fingerprint density at radius 1 is 1.50 bits per heavy atom. The highest BCUT2D eigenvalue weighted by Crippen LogP contribution is 2.22. The normalized spacial score (nSPS) is 24.2. The van der Waals surface area contributed by atoms with Gasteiger partial charge < -0.3 is 10.6 Å². The van der Waals surface area contributed by atoms with E-state index in [4.69, 9.17) is 5.73 Å². The molecule has 2 rings (SSSR count). The molecule has 0 aliphatic carbocycles. The van der Waals surface area contributed by atoms with Gasteiger partial charge in [-0.3, -0.25) is 4.79 Å². The van der Waals surface area contributed by atoms with E-state index < -0.39 is 0 Å². The van der Waals surface area contributed by atoms with E-state index in [1.54, 1.807) is 0 Å². The van der Waals surface area contributed by atoms with Crippen molar-refractivity contribution in [3.63, 3.8) is 0 Å². The molecule has 1 aromatic heterocycles. The molecule has 6 nitrogen and oxygen atoms in total. The SMILES string of the molecule is C[C@@H]1C[C@H](C)CN(C(=O)CSc2n[nH]c(N)n2)C1. The smallest absolute Gasteiger partial charge is 0.233 e. The summed E-state index contributed by atoms with van der Waals surface area (Å²) in [5.74, 6) is 1.98. The molecule has 0 radical (unpaired) electrons. The van der Waals surface area contributed by atoms with Crippen molar-refractivity contribution in [2.45, 2.75) is 25.4 Å². The Bertz CT molecular complexity index is 411. The van der Waals surface area contributed by atoms with Crippen molar-refractivity contribution in [3.8, 4) is 0 Å². The number of likely N-dealkylation sites (tertiary alicyclic amines) is 1. The number of rotatable bonds is 3. The quantitative estimate of drug-likeness (QED) is 0.799. The molecule has 1 aliphatic heterocycles. The topological polar surface area (TPSA) is 87.9 Å². The lowest BCUT2D eigenvalue weighted by molar-refractivity contribution is -0.130. The highest BCUT2D eigenvalue weighted by atomic mass is 32.2. The lowest BCUT2D eigenvalue weighted by atomic mass is 9.92. The number of aromatic nitrogens is 3. The summed E-state index contributed by atoms with van der Waals surface area (Å²) in [6.07, 6.45) is 1.20. The molecule has 1 saturated heterocycles. The van der Waals surface area contributed by atoms with Gasteiger partial charge in [-0.15, -0.1) is 5.10 Å². The number of anilines is 1. The molecule has 0 spiro atoms. The number of H-pyrrole nitrogens is 1. The Kier molecular flexibility index (Phi) is 4.11. The van der Waals surface area contributed by atoms with Crippen molar-refractivity contribution in [3.05, 3.63) is 0 Å². The first-order valence-corrected chi connectivity index (χ1v) is 7.11. The van der Waals surface area contributed by atoms with Gasteiger partial charge in [0, 0.05) is 13.1 Å². The highest BCUT2D eigenvalue weighted by molar-refractivity contribution is 7.99. The number of hydrogen-bond acceptors (Lipinski definition) is 5. The molecule has 0 bridgehead atoms. The number of piperidine rings is 1.